The molecule has 0 aliphatic carbocycles. The first-order valence-corrected chi connectivity index (χ1v) is 9.12. The lowest BCUT2D eigenvalue weighted by Crippen LogP contribution is -2.43. The van der Waals surface area contributed by atoms with Crippen LogP contribution in [0.2, 0.25) is 0 Å². The maximum atomic E-state index is 13.6. The molecule has 0 radical (unpaired) electrons. The first-order chi connectivity index (χ1) is 13.0. The van der Waals surface area contributed by atoms with E-state index in [0.717, 1.165) is 26.2 Å². The van der Waals surface area contributed by atoms with Crippen LogP contribution in [0.25, 0.3) is 0 Å². The van der Waals surface area contributed by atoms with Crippen LogP contribution in [0.4, 0.5) is 4.39 Å². The van der Waals surface area contributed by atoms with Crippen LogP contribution in [-0.2, 0) is 9.53 Å². The van der Waals surface area contributed by atoms with E-state index in [9.17, 15) is 9.18 Å². The summed E-state index contributed by atoms with van der Waals surface area (Å²) in [5, 5.41) is 3.31. The summed E-state index contributed by atoms with van der Waals surface area (Å²) in [7, 11) is 5.27. The van der Waals surface area contributed by atoms with Crippen LogP contribution in [0.1, 0.15) is 6.42 Å². The number of hydrogen-bond donors (Lipinski definition) is 1. The minimum absolute atomic E-state index is 0. The zero-order chi connectivity index (χ0) is 19.6. The molecule has 1 unspecified atom stereocenters. The molecule has 1 saturated heterocycles. The van der Waals surface area contributed by atoms with Gasteiger partial charge in [-0.3, -0.25) is 4.79 Å². The molecule has 1 aliphatic rings. The van der Waals surface area contributed by atoms with Gasteiger partial charge in [-0.2, -0.15) is 0 Å². The summed E-state index contributed by atoms with van der Waals surface area (Å²) in [6, 6.07) is 6.31. The van der Waals surface area contributed by atoms with Gasteiger partial charge in [-0.05, 0) is 18.6 Å². The number of carbonyl (C=O) groups is 1. The summed E-state index contributed by atoms with van der Waals surface area (Å²) in [5.41, 5.74) is 0. The van der Waals surface area contributed by atoms with E-state index in [0.29, 0.717) is 25.0 Å². The lowest BCUT2D eigenvalue weighted by Gasteiger charge is -2.24. The van der Waals surface area contributed by atoms with Gasteiger partial charge in [0.25, 0.3) is 0 Å². The molecule has 1 heterocycles. The van der Waals surface area contributed by atoms with E-state index in [2.05, 4.69) is 10.3 Å². The molecule has 2 rings (SSSR count). The number of benzene rings is 1. The normalized spacial score (nSPS) is 16.3. The molecular formula is C19H30FIN4O3. The first-order valence-electron chi connectivity index (χ1n) is 9.12. The Morgan fingerprint density at radius 1 is 1.36 bits per heavy atom. The van der Waals surface area contributed by atoms with Gasteiger partial charge in [-0.1, -0.05) is 12.1 Å². The summed E-state index contributed by atoms with van der Waals surface area (Å²) in [5.74, 6) is 0.819. The Kier molecular flexibility index (Phi) is 11.1. The number of nitrogens with one attached hydrogen (secondary N) is 1. The summed E-state index contributed by atoms with van der Waals surface area (Å²) < 4.78 is 24.5. The zero-order valence-corrected chi connectivity index (χ0v) is 19.0. The third-order valence-electron chi connectivity index (χ3n) is 4.32. The van der Waals surface area contributed by atoms with Crippen LogP contribution in [0.15, 0.2) is 29.3 Å². The molecule has 1 aromatic rings. The monoisotopic (exact) mass is 508 g/mol. The number of halogens is 2. The highest BCUT2D eigenvalue weighted by atomic mass is 127. The van der Waals surface area contributed by atoms with Gasteiger partial charge in [-0.25, -0.2) is 9.38 Å². The number of nitrogens with zero attached hydrogens (tertiary/aromatic N) is 3. The van der Waals surface area contributed by atoms with Crippen molar-refractivity contribution < 1.29 is 18.7 Å². The molecule has 0 spiro atoms. The molecule has 0 bridgehead atoms. The van der Waals surface area contributed by atoms with E-state index < -0.39 is 0 Å². The summed E-state index contributed by atoms with van der Waals surface area (Å²) >= 11 is 0. The first kappa shape index (κ1) is 24.4. The molecule has 0 saturated carbocycles. The highest BCUT2D eigenvalue weighted by Gasteiger charge is 2.17. The number of likely N-dealkylation sites (N-methyl/N-ethyl adjacent to an activating group) is 2. The molecule has 7 nitrogen and oxygen atoms in total. The Morgan fingerprint density at radius 3 is 2.75 bits per heavy atom. The van der Waals surface area contributed by atoms with Crippen LogP contribution in [0, 0.1) is 11.7 Å². The molecule has 1 amide bonds. The van der Waals surface area contributed by atoms with Crippen LogP contribution in [0.3, 0.4) is 0 Å². The maximum Gasteiger partial charge on any atom is 0.243 e. The average molecular weight is 508 g/mol. The summed E-state index contributed by atoms with van der Waals surface area (Å²) in [4.78, 5) is 19.7. The van der Waals surface area contributed by atoms with Gasteiger partial charge in [0.2, 0.25) is 5.91 Å². The van der Waals surface area contributed by atoms with Crippen molar-refractivity contribution >= 4 is 35.8 Å². The van der Waals surface area contributed by atoms with Crippen molar-refractivity contribution in [3.8, 4) is 5.75 Å². The van der Waals surface area contributed by atoms with Crippen molar-refractivity contribution in [2.45, 2.75) is 6.42 Å². The number of rotatable bonds is 8. The smallest absolute Gasteiger partial charge is 0.243 e. The lowest BCUT2D eigenvalue weighted by molar-refractivity contribution is -0.127. The minimum Gasteiger partial charge on any atom is -0.489 e. The van der Waals surface area contributed by atoms with Crippen LogP contribution in [0.5, 0.6) is 5.75 Å². The van der Waals surface area contributed by atoms with Gasteiger partial charge < -0.3 is 24.6 Å². The van der Waals surface area contributed by atoms with Gasteiger partial charge in [-0.15, -0.1) is 24.0 Å². The van der Waals surface area contributed by atoms with E-state index in [1.54, 1.807) is 32.3 Å². The van der Waals surface area contributed by atoms with Crippen molar-refractivity contribution in [1.82, 2.24) is 15.1 Å². The van der Waals surface area contributed by atoms with Gasteiger partial charge in [0.05, 0.1) is 13.2 Å². The number of hydrogen-bond acceptors (Lipinski definition) is 4. The van der Waals surface area contributed by atoms with Crippen molar-refractivity contribution in [2.75, 3.05) is 60.6 Å². The van der Waals surface area contributed by atoms with E-state index in [1.807, 2.05) is 11.9 Å². The Labute approximate surface area is 183 Å². The Balaban J connectivity index is 0.00000392. The second kappa shape index (κ2) is 12.8. The molecule has 1 aromatic carbocycles. The Hall–Kier alpha value is -1.62. The molecule has 1 aliphatic heterocycles. The predicted molar refractivity (Wildman–Crippen MR) is 118 cm³/mol. The van der Waals surface area contributed by atoms with Crippen LogP contribution in [-0.4, -0.2) is 82.3 Å². The van der Waals surface area contributed by atoms with Crippen LogP contribution >= 0.6 is 24.0 Å². The summed E-state index contributed by atoms with van der Waals surface area (Å²) in [6.07, 6.45) is 1.01. The highest BCUT2D eigenvalue weighted by Crippen LogP contribution is 2.15. The number of ether oxygens (including phenoxy) is 2. The van der Waals surface area contributed by atoms with Gasteiger partial charge in [0.1, 0.15) is 13.2 Å². The zero-order valence-electron chi connectivity index (χ0n) is 16.7. The number of amides is 1. The number of aliphatic imine (C=N–C) groups is 1. The van der Waals surface area contributed by atoms with Crippen molar-refractivity contribution in [3.05, 3.63) is 30.1 Å². The highest BCUT2D eigenvalue weighted by molar-refractivity contribution is 14.0. The third kappa shape index (κ3) is 8.17. The quantitative estimate of drug-likeness (QED) is 0.330. The number of carbonyl (C=O) groups excluding carboxylic acids is 1. The second-order valence-electron chi connectivity index (χ2n) is 6.74. The minimum atomic E-state index is -0.384. The predicted octanol–water partition coefficient (Wildman–Crippen LogP) is 1.82. The average Bonchev–Trinajstić information content (AvgIpc) is 3.16. The SMILES string of the molecule is CN(C)C(=O)CN=C(NCC1CCOC1)N(C)CCOc1ccccc1F.I. The fourth-order valence-electron chi connectivity index (χ4n) is 2.54. The molecule has 1 N–H and O–H groups in total. The molecule has 1 atom stereocenters. The fraction of sp³-hybridized carbons (Fsp3) is 0.579. The number of para-hydroxylation sites is 1. The van der Waals surface area contributed by atoms with Crippen molar-refractivity contribution in [3.63, 3.8) is 0 Å². The van der Waals surface area contributed by atoms with E-state index >= 15 is 0 Å². The Bertz CT molecular complexity index is 639. The topological polar surface area (TPSA) is 66.4 Å². The largest absolute Gasteiger partial charge is 0.489 e. The standard InChI is InChI=1S/C19H29FN4O3.HI/c1-23(2)18(25)13-22-19(21-12-15-8-10-26-14-15)24(3)9-11-27-17-7-5-4-6-16(17)20;/h4-7,15H,8-14H2,1-3H3,(H,21,22);1H. The van der Waals surface area contributed by atoms with Crippen molar-refractivity contribution in [1.29, 1.82) is 0 Å². The summed E-state index contributed by atoms with van der Waals surface area (Å²) in [6.45, 7) is 3.10. The molecule has 1 fully saturated rings. The van der Waals surface area contributed by atoms with Gasteiger partial charge in [0.15, 0.2) is 17.5 Å². The van der Waals surface area contributed by atoms with E-state index in [1.165, 1.54) is 11.0 Å². The second-order valence-corrected chi connectivity index (χ2v) is 6.74. The molecule has 0 aromatic heterocycles. The maximum absolute atomic E-state index is 13.6. The molecule has 9 heteroatoms. The fourth-order valence-corrected chi connectivity index (χ4v) is 2.54. The van der Waals surface area contributed by atoms with E-state index in [-0.39, 0.29) is 48.0 Å². The molecular weight excluding hydrogens is 478 g/mol. The Morgan fingerprint density at radius 2 is 2.11 bits per heavy atom. The van der Waals surface area contributed by atoms with Crippen molar-refractivity contribution in [2.24, 2.45) is 10.9 Å². The van der Waals surface area contributed by atoms with Crippen LogP contribution < -0.4 is 10.1 Å². The van der Waals surface area contributed by atoms with Gasteiger partial charge >= 0.3 is 0 Å². The van der Waals surface area contributed by atoms with Gasteiger partial charge in [0, 0.05) is 40.2 Å². The lowest BCUT2D eigenvalue weighted by atomic mass is 10.1. The van der Waals surface area contributed by atoms with E-state index in [4.69, 9.17) is 9.47 Å². The molecule has 158 valence electrons. The third-order valence-corrected chi connectivity index (χ3v) is 4.32. The number of guanidine groups is 1. The molecule has 28 heavy (non-hydrogen) atoms.